The maximum atomic E-state index is 12.8. The number of rotatable bonds is 8. The van der Waals surface area contributed by atoms with Crippen LogP contribution in [-0.4, -0.2) is 40.9 Å². The van der Waals surface area contributed by atoms with Crippen LogP contribution >= 0.6 is 0 Å². The zero-order chi connectivity index (χ0) is 22.6. The van der Waals surface area contributed by atoms with E-state index >= 15 is 0 Å². The number of carbonyl (C=O) groups is 2. The maximum absolute atomic E-state index is 12.8. The van der Waals surface area contributed by atoms with Gasteiger partial charge in [-0.3, -0.25) is 4.79 Å². The number of alkyl carbamates (subject to hydrolysis) is 1. The quantitative estimate of drug-likeness (QED) is 0.637. The van der Waals surface area contributed by atoms with Gasteiger partial charge in [-0.05, 0) is 57.6 Å². The Bertz CT molecular complexity index is 903. The summed E-state index contributed by atoms with van der Waals surface area (Å²) in [5.41, 5.74) is 0.489. The second kappa shape index (κ2) is 9.12. The monoisotopic (exact) mass is 427 g/mol. The number of aromatic nitrogens is 2. The van der Waals surface area contributed by atoms with Gasteiger partial charge in [0.15, 0.2) is 0 Å². The van der Waals surface area contributed by atoms with Crippen LogP contribution in [0, 0.1) is 11.8 Å². The molecular weight excluding hydrogens is 394 g/mol. The number of ether oxygens (including phenoxy) is 2. The molecule has 1 aliphatic carbocycles. The second-order valence-electron chi connectivity index (χ2n) is 9.26. The predicted octanol–water partition coefficient (Wildman–Crippen LogP) is 4.24. The first-order valence-corrected chi connectivity index (χ1v) is 10.8. The van der Waals surface area contributed by atoms with E-state index in [4.69, 9.17) is 9.47 Å². The Morgan fingerprint density at radius 2 is 2.00 bits per heavy atom. The van der Waals surface area contributed by atoms with Crippen LogP contribution in [-0.2, 0) is 19.7 Å². The lowest BCUT2D eigenvalue weighted by Crippen LogP contribution is -2.35. The summed E-state index contributed by atoms with van der Waals surface area (Å²) in [5.74, 6) is 0.121. The third kappa shape index (κ3) is 5.27. The molecule has 1 amide bonds. The Kier molecular flexibility index (Phi) is 6.72. The largest absolute Gasteiger partial charge is 0.468 e. The number of hydrogen-bond acceptors (Lipinski definition) is 5. The minimum absolute atomic E-state index is 0.129. The molecule has 7 heteroatoms. The van der Waals surface area contributed by atoms with Crippen molar-refractivity contribution in [1.29, 1.82) is 0 Å². The van der Waals surface area contributed by atoms with Gasteiger partial charge in [0, 0.05) is 18.4 Å². The van der Waals surface area contributed by atoms with Crippen LogP contribution in [0.25, 0.3) is 5.69 Å². The molecule has 0 saturated heterocycles. The first-order chi connectivity index (χ1) is 14.7. The number of nitrogens with one attached hydrogen (secondary N) is 1. The Labute approximate surface area is 184 Å². The summed E-state index contributed by atoms with van der Waals surface area (Å²) in [7, 11) is 1.43. The summed E-state index contributed by atoms with van der Waals surface area (Å²) in [6.45, 7) is 8.12. The van der Waals surface area contributed by atoms with Crippen molar-refractivity contribution in [1.82, 2.24) is 14.9 Å². The summed E-state index contributed by atoms with van der Waals surface area (Å²) in [4.78, 5) is 29.4. The van der Waals surface area contributed by atoms with Crippen molar-refractivity contribution in [2.75, 3.05) is 13.7 Å². The van der Waals surface area contributed by atoms with Crippen molar-refractivity contribution < 1.29 is 19.1 Å². The molecular formula is C24H33N3O4. The Balaban J connectivity index is 1.69. The number of nitrogens with zero attached hydrogens (tertiary/aromatic N) is 2. The molecule has 2 aromatic rings. The van der Waals surface area contributed by atoms with Crippen molar-refractivity contribution in [3.63, 3.8) is 0 Å². The van der Waals surface area contributed by atoms with Crippen LogP contribution in [0.15, 0.2) is 42.9 Å². The lowest BCUT2D eigenvalue weighted by Gasteiger charge is -2.22. The normalized spacial score (nSPS) is 21.3. The van der Waals surface area contributed by atoms with E-state index in [0.29, 0.717) is 13.0 Å². The average Bonchev–Trinajstić information content (AvgIpc) is 3.23. The Morgan fingerprint density at radius 3 is 2.61 bits per heavy atom. The van der Waals surface area contributed by atoms with Gasteiger partial charge < -0.3 is 19.4 Å². The van der Waals surface area contributed by atoms with Gasteiger partial charge >= 0.3 is 12.1 Å². The highest BCUT2D eigenvalue weighted by atomic mass is 16.6. The molecule has 168 valence electrons. The van der Waals surface area contributed by atoms with Crippen molar-refractivity contribution in [2.24, 2.45) is 11.8 Å². The maximum Gasteiger partial charge on any atom is 0.407 e. The van der Waals surface area contributed by atoms with E-state index in [0.717, 1.165) is 24.2 Å². The summed E-state index contributed by atoms with van der Waals surface area (Å²) >= 11 is 0. The van der Waals surface area contributed by atoms with Crippen LogP contribution in [0.1, 0.15) is 52.7 Å². The van der Waals surface area contributed by atoms with Crippen LogP contribution in [0.3, 0.4) is 0 Å². The highest BCUT2D eigenvalue weighted by Crippen LogP contribution is 2.57. The van der Waals surface area contributed by atoms with Crippen molar-refractivity contribution in [2.45, 2.75) is 58.0 Å². The van der Waals surface area contributed by atoms with E-state index in [1.165, 1.54) is 7.11 Å². The van der Waals surface area contributed by atoms with Gasteiger partial charge in [0.2, 0.25) is 0 Å². The molecule has 0 unspecified atom stereocenters. The second-order valence-corrected chi connectivity index (χ2v) is 9.26. The van der Waals surface area contributed by atoms with Crippen LogP contribution in [0.2, 0.25) is 0 Å². The zero-order valence-electron chi connectivity index (χ0n) is 19.1. The predicted molar refractivity (Wildman–Crippen MR) is 118 cm³/mol. The van der Waals surface area contributed by atoms with Crippen LogP contribution in [0.4, 0.5) is 4.79 Å². The third-order valence-electron chi connectivity index (χ3n) is 5.88. The van der Waals surface area contributed by atoms with Gasteiger partial charge in [-0.25, -0.2) is 9.78 Å². The van der Waals surface area contributed by atoms with E-state index in [-0.39, 0.29) is 17.8 Å². The molecule has 1 saturated carbocycles. The lowest BCUT2D eigenvalue weighted by molar-refractivity contribution is -0.144. The molecule has 1 aromatic heterocycles. The molecule has 3 atom stereocenters. The van der Waals surface area contributed by atoms with Gasteiger partial charge in [0.05, 0.1) is 19.1 Å². The average molecular weight is 428 g/mol. The number of esters is 1. The van der Waals surface area contributed by atoms with E-state index in [2.05, 4.69) is 17.2 Å². The SMILES string of the molecule is CC[C@H](CNC(=O)OC(C)(C)C)C[C@H]1C[C@]1(C(=O)OC)c1cn(-c2ccccc2)cn1. The highest BCUT2D eigenvalue weighted by Gasteiger charge is 2.63. The topological polar surface area (TPSA) is 82.5 Å². The molecule has 31 heavy (non-hydrogen) atoms. The molecule has 3 rings (SSSR count). The summed E-state index contributed by atoms with van der Waals surface area (Å²) < 4.78 is 12.4. The number of hydrogen-bond donors (Lipinski definition) is 1. The Hall–Kier alpha value is -2.83. The van der Waals surface area contributed by atoms with Gasteiger partial charge in [-0.1, -0.05) is 31.5 Å². The molecule has 1 aliphatic rings. The highest BCUT2D eigenvalue weighted by molar-refractivity contribution is 5.86. The minimum atomic E-state index is -0.714. The smallest absolute Gasteiger partial charge is 0.407 e. The minimum Gasteiger partial charge on any atom is -0.468 e. The van der Waals surface area contributed by atoms with Crippen molar-refractivity contribution in [3.05, 3.63) is 48.5 Å². The van der Waals surface area contributed by atoms with Gasteiger partial charge in [-0.15, -0.1) is 0 Å². The molecule has 1 fully saturated rings. The fraction of sp³-hybridized carbons (Fsp3) is 0.542. The van der Waals surface area contributed by atoms with Crippen molar-refractivity contribution in [3.8, 4) is 5.69 Å². The van der Waals surface area contributed by atoms with Crippen LogP contribution in [0.5, 0.6) is 0 Å². The molecule has 0 bridgehead atoms. The van der Waals surface area contributed by atoms with Crippen LogP contribution < -0.4 is 5.32 Å². The summed E-state index contributed by atoms with van der Waals surface area (Å²) in [6, 6.07) is 9.89. The number of benzene rings is 1. The van der Waals surface area contributed by atoms with Gasteiger partial charge in [-0.2, -0.15) is 0 Å². The molecule has 1 aromatic carbocycles. The number of amides is 1. The summed E-state index contributed by atoms with van der Waals surface area (Å²) in [6.07, 6.45) is 5.65. The summed E-state index contributed by atoms with van der Waals surface area (Å²) in [5, 5.41) is 2.86. The number of para-hydroxylation sites is 1. The fourth-order valence-corrected chi connectivity index (χ4v) is 4.10. The lowest BCUT2D eigenvalue weighted by atomic mass is 9.92. The van der Waals surface area contributed by atoms with Gasteiger partial charge in [0.1, 0.15) is 11.0 Å². The fourth-order valence-electron chi connectivity index (χ4n) is 4.10. The molecule has 0 radical (unpaired) electrons. The standard InChI is InChI=1S/C24H33N3O4/c1-6-17(14-25-22(29)31-23(2,3)4)12-18-13-24(18,21(28)30-5)20-15-27(16-26-20)19-10-8-7-9-11-19/h7-11,15-18H,6,12-14H2,1-5H3,(H,25,29)/t17-,18-,24+/m0/s1. The van der Waals surface area contributed by atoms with E-state index < -0.39 is 17.1 Å². The van der Waals surface area contributed by atoms with E-state index in [9.17, 15) is 9.59 Å². The van der Waals surface area contributed by atoms with E-state index in [1.54, 1.807) is 6.33 Å². The number of methoxy groups -OCH3 is 1. The van der Waals surface area contributed by atoms with Gasteiger partial charge in [0.25, 0.3) is 0 Å². The molecule has 7 nitrogen and oxygen atoms in total. The first kappa shape index (κ1) is 22.8. The first-order valence-electron chi connectivity index (χ1n) is 10.8. The Morgan fingerprint density at radius 1 is 1.29 bits per heavy atom. The number of carbonyl (C=O) groups excluding carboxylic acids is 2. The number of imidazole rings is 1. The zero-order valence-corrected chi connectivity index (χ0v) is 19.1. The third-order valence-corrected chi connectivity index (χ3v) is 5.88. The van der Waals surface area contributed by atoms with E-state index in [1.807, 2.05) is 61.9 Å². The molecule has 0 aliphatic heterocycles. The molecule has 1 N–H and O–H groups in total. The van der Waals surface area contributed by atoms with Crippen molar-refractivity contribution >= 4 is 12.1 Å². The molecule has 0 spiro atoms. The molecule has 1 heterocycles.